The molecule has 0 aliphatic rings. The van der Waals surface area contributed by atoms with Crippen molar-refractivity contribution in [1.29, 1.82) is 0 Å². The third-order valence-corrected chi connectivity index (χ3v) is 2.71. The minimum atomic E-state index is -0.471. The fourth-order valence-electron chi connectivity index (χ4n) is 1.52. The largest absolute Gasteiger partial charge is 0.357 e. The van der Waals surface area contributed by atoms with Crippen molar-refractivity contribution in [1.82, 2.24) is 25.5 Å². The molecule has 1 aromatic heterocycles. The van der Waals surface area contributed by atoms with Crippen LogP contribution in [0.25, 0.3) is 11.4 Å². The van der Waals surface area contributed by atoms with Gasteiger partial charge in [0.1, 0.15) is 6.04 Å². The average Bonchev–Trinajstić information content (AvgIpc) is 2.87. The number of hydrogen-bond acceptors (Lipinski definition) is 4. The van der Waals surface area contributed by atoms with Gasteiger partial charge in [-0.3, -0.25) is 4.79 Å². The number of aromatic nitrogens is 4. The second-order valence-electron chi connectivity index (χ2n) is 4.09. The molecule has 0 aliphatic carbocycles. The third-order valence-electron chi connectivity index (χ3n) is 2.71. The molecule has 0 saturated carbocycles. The Balaban J connectivity index is 2.25. The maximum atomic E-state index is 11.5. The average molecular weight is 245 g/mol. The number of carbonyl (C=O) groups excluding carboxylic acids is 1. The van der Waals surface area contributed by atoms with Gasteiger partial charge in [-0.1, -0.05) is 29.8 Å². The van der Waals surface area contributed by atoms with Crippen LogP contribution in [0.3, 0.4) is 0 Å². The fourth-order valence-corrected chi connectivity index (χ4v) is 1.52. The molecule has 1 N–H and O–H groups in total. The van der Waals surface area contributed by atoms with Crippen molar-refractivity contribution in [2.45, 2.75) is 19.9 Å². The number of hydrogen-bond donors (Lipinski definition) is 1. The second kappa shape index (κ2) is 4.95. The highest BCUT2D eigenvalue weighted by Crippen LogP contribution is 2.15. The van der Waals surface area contributed by atoms with E-state index in [2.05, 4.69) is 20.7 Å². The molecule has 6 nitrogen and oxygen atoms in total. The van der Waals surface area contributed by atoms with Crippen LogP contribution >= 0.6 is 0 Å². The van der Waals surface area contributed by atoms with Gasteiger partial charge in [0.15, 0.2) is 0 Å². The fraction of sp³-hybridized carbons (Fsp3) is 0.333. The van der Waals surface area contributed by atoms with Crippen LogP contribution in [0.15, 0.2) is 24.3 Å². The molecule has 0 unspecified atom stereocenters. The van der Waals surface area contributed by atoms with Gasteiger partial charge in [0.25, 0.3) is 0 Å². The molecular formula is C12H15N5O. The maximum Gasteiger partial charge on any atom is 0.246 e. The summed E-state index contributed by atoms with van der Waals surface area (Å²) in [7, 11) is 1.58. The number of benzene rings is 1. The van der Waals surface area contributed by atoms with Crippen molar-refractivity contribution in [3.05, 3.63) is 29.8 Å². The lowest BCUT2D eigenvalue weighted by Crippen LogP contribution is -2.29. The van der Waals surface area contributed by atoms with Gasteiger partial charge in [0.2, 0.25) is 11.7 Å². The first-order valence-corrected chi connectivity index (χ1v) is 5.70. The Morgan fingerprint density at radius 2 is 2.00 bits per heavy atom. The summed E-state index contributed by atoms with van der Waals surface area (Å²) in [5.74, 6) is 0.369. The van der Waals surface area contributed by atoms with Gasteiger partial charge < -0.3 is 5.32 Å². The number of tetrazole rings is 1. The molecule has 0 fully saturated rings. The Bertz CT molecular complexity index is 546. The van der Waals surface area contributed by atoms with Crippen LogP contribution in [0.5, 0.6) is 0 Å². The van der Waals surface area contributed by atoms with E-state index in [4.69, 9.17) is 0 Å². The second-order valence-corrected chi connectivity index (χ2v) is 4.09. The van der Waals surface area contributed by atoms with Gasteiger partial charge in [-0.2, -0.15) is 4.80 Å². The lowest BCUT2D eigenvalue weighted by atomic mass is 10.1. The third kappa shape index (κ3) is 2.37. The number of carbonyl (C=O) groups is 1. The maximum absolute atomic E-state index is 11.5. The Labute approximate surface area is 105 Å². The first kappa shape index (κ1) is 12.2. The van der Waals surface area contributed by atoms with Crippen LogP contribution in [0, 0.1) is 6.92 Å². The van der Waals surface area contributed by atoms with Gasteiger partial charge in [0.05, 0.1) is 0 Å². The Kier molecular flexibility index (Phi) is 3.36. The quantitative estimate of drug-likeness (QED) is 0.874. The SMILES string of the molecule is CNC(=O)[C@@H](C)n1nnc(-c2ccc(C)cc2)n1. The van der Waals surface area contributed by atoms with E-state index in [-0.39, 0.29) is 5.91 Å². The van der Waals surface area contributed by atoms with Crippen molar-refractivity contribution < 1.29 is 4.79 Å². The number of likely N-dealkylation sites (N-methyl/N-ethyl adjacent to an activating group) is 1. The molecule has 1 aromatic carbocycles. The smallest absolute Gasteiger partial charge is 0.246 e. The molecule has 1 atom stereocenters. The molecule has 0 radical (unpaired) electrons. The molecule has 0 aliphatic heterocycles. The summed E-state index contributed by atoms with van der Waals surface area (Å²) in [6.07, 6.45) is 0. The highest BCUT2D eigenvalue weighted by Gasteiger charge is 2.17. The van der Waals surface area contributed by atoms with Crippen LogP contribution in [0.1, 0.15) is 18.5 Å². The van der Waals surface area contributed by atoms with E-state index in [0.717, 1.165) is 5.56 Å². The van der Waals surface area contributed by atoms with Gasteiger partial charge in [-0.25, -0.2) is 0 Å². The van der Waals surface area contributed by atoms with Crippen LogP contribution in [0.2, 0.25) is 0 Å². The molecule has 18 heavy (non-hydrogen) atoms. The molecule has 1 heterocycles. The minimum absolute atomic E-state index is 0.150. The van der Waals surface area contributed by atoms with Crippen molar-refractivity contribution in [2.24, 2.45) is 0 Å². The predicted octanol–water partition coefficient (Wildman–Crippen LogP) is 0.956. The van der Waals surface area contributed by atoms with Gasteiger partial charge in [-0.05, 0) is 19.1 Å². The van der Waals surface area contributed by atoms with Crippen LogP contribution in [0.4, 0.5) is 0 Å². The van der Waals surface area contributed by atoms with Crippen molar-refractivity contribution >= 4 is 5.91 Å². The summed E-state index contributed by atoms with van der Waals surface area (Å²) < 4.78 is 0. The molecule has 6 heteroatoms. The number of amides is 1. The standard InChI is InChI=1S/C12H15N5O/c1-8-4-6-10(7-5-8)11-14-16-17(15-11)9(2)12(18)13-3/h4-7,9H,1-3H3,(H,13,18)/t9-/m1/s1. The predicted molar refractivity (Wildman–Crippen MR) is 66.8 cm³/mol. The molecule has 0 spiro atoms. The monoisotopic (exact) mass is 245 g/mol. The number of aryl methyl sites for hydroxylation is 1. The van der Waals surface area contributed by atoms with E-state index in [1.807, 2.05) is 31.2 Å². The lowest BCUT2D eigenvalue weighted by molar-refractivity contribution is -0.123. The zero-order chi connectivity index (χ0) is 13.1. The molecule has 1 amide bonds. The van der Waals surface area contributed by atoms with E-state index < -0.39 is 6.04 Å². The van der Waals surface area contributed by atoms with Crippen molar-refractivity contribution in [2.75, 3.05) is 7.05 Å². The summed E-state index contributed by atoms with van der Waals surface area (Å²) in [6, 6.07) is 7.36. The van der Waals surface area contributed by atoms with E-state index >= 15 is 0 Å². The zero-order valence-corrected chi connectivity index (χ0v) is 10.6. The summed E-state index contributed by atoms with van der Waals surface area (Å²) >= 11 is 0. The van der Waals surface area contributed by atoms with Gasteiger partial charge in [-0.15, -0.1) is 10.2 Å². The van der Waals surface area contributed by atoms with E-state index in [9.17, 15) is 4.79 Å². The molecule has 2 aromatic rings. The Hall–Kier alpha value is -2.24. The molecular weight excluding hydrogens is 230 g/mol. The van der Waals surface area contributed by atoms with E-state index in [1.54, 1.807) is 14.0 Å². The lowest BCUT2D eigenvalue weighted by Gasteiger charge is -2.06. The molecule has 0 saturated heterocycles. The van der Waals surface area contributed by atoms with E-state index in [0.29, 0.717) is 5.82 Å². The number of rotatable bonds is 3. The summed E-state index contributed by atoms with van der Waals surface area (Å²) in [4.78, 5) is 12.8. The first-order chi connectivity index (χ1) is 8.61. The molecule has 0 bridgehead atoms. The van der Waals surface area contributed by atoms with Gasteiger partial charge >= 0.3 is 0 Å². The van der Waals surface area contributed by atoms with Crippen LogP contribution in [-0.4, -0.2) is 33.2 Å². The van der Waals surface area contributed by atoms with Crippen LogP contribution in [-0.2, 0) is 4.79 Å². The Morgan fingerprint density at radius 1 is 1.33 bits per heavy atom. The van der Waals surface area contributed by atoms with Crippen molar-refractivity contribution in [3.63, 3.8) is 0 Å². The summed E-state index contributed by atoms with van der Waals surface area (Å²) in [6.45, 7) is 3.74. The molecule has 2 rings (SSSR count). The first-order valence-electron chi connectivity index (χ1n) is 5.70. The highest BCUT2D eigenvalue weighted by molar-refractivity contribution is 5.79. The minimum Gasteiger partial charge on any atom is -0.357 e. The highest BCUT2D eigenvalue weighted by atomic mass is 16.2. The number of nitrogens with one attached hydrogen (secondary N) is 1. The topological polar surface area (TPSA) is 72.7 Å². The normalized spacial score (nSPS) is 12.2. The summed E-state index contributed by atoms with van der Waals surface area (Å²) in [5, 5.41) is 14.6. The van der Waals surface area contributed by atoms with Crippen molar-refractivity contribution in [3.8, 4) is 11.4 Å². The zero-order valence-electron chi connectivity index (χ0n) is 10.6. The van der Waals surface area contributed by atoms with Gasteiger partial charge in [0, 0.05) is 12.6 Å². The Morgan fingerprint density at radius 3 is 2.61 bits per heavy atom. The number of nitrogens with zero attached hydrogens (tertiary/aromatic N) is 4. The summed E-state index contributed by atoms with van der Waals surface area (Å²) in [5.41, 5.74) is 2.06. The molecule has 94 valence electrons. The van der Waals surface area contributed by atoms with Crippen LogP contribution < -0.4 is 5.32 Å². The van der Waals surface area contributed by atoms with E-state index in [1.165, 1.54) is 10.4 Å².